The Morgan fingerprint density at radius 2 is 2.08 bits per heavy atom. The van der Waals surface area contributed by atoms with Gasteiger partial charge >= 0.3 is 0 Å². The zero-order valence-electron chi connectivity index (χ0n) is 20.3. The quantitative estimate of drug-likeness (QED) is 0.476. The number of allylic oxidation sites excluding steroid dienone is 1. The summed E-state index contributed by atoms with van der Waals surface area (Å²) < 4.78 is 21.1. The fourth-order valence-electron chi connectivity index (χ4n) is 5.81. The molecule has 1 aliphatic heterocycles. The van der Waals surface area contributed by atoms with Crippen molar-refractivity contribution in [1.29, 1.82) is 5.41 Å². The molecule has 2 aromatic carbocycles. The number of ketones is 1. The van der Waals surface area contributed by atoms with Crippen LogP contribution >= 0.6 is 11.6 Å². The number of hydrogen-bond donors (Lipinski definition) is 2. The number of halogens is 2. The maximum atomic E-state index is 14.0. The Balaban J connectivity index is 1.63. The summed E-state index contributed by atoms with van der Waals surface area (Å²) in [5, 5.41) is 8.57. The van der Waals surface area contributed by atoms with E-state index in [1.54, 1.807) is 7.11 Å². The maximum absolute atomic E-state index is 14.0. The van der Waals surface area contributed by atoms with Crippen LogP contribution in [0.1, 0.15) is 39.4 Å². The second kappa shape index (κ2) is 10.1. The minimum atomic E-state index is -0.422. The number of ether oxygens (including phenoxy) is 1. The number of methoxy groups -OCH3 is 1. The van der Waals surface area contributed by atoms with Gasteiger partial charge in [-0.15, -0.1) is 0 Å². The van der Waals surface area contributed by atoms with Crippen LogP contribution in [0.15, 0.2) is 48.8 Å². The molecular formula is C28H30ClFN4O2. The number of nitrogens with one attached hydrogen (secondary N) is 1. The number of rotatable bonds is 5. The van der Waals surface area contributed by atoms with E-state index in [9.17, 15) is 9.18 Å². The van der Waals surface area contributed by atoms with Gasteiger partial charge in [0, 0.05) is 66.5 Å². The van der Waals surface area contributed by atoms with Crippen LogP contribution in [0.4, 0.5) is 4.39 Å². The molecule has 0 fully saturated rings. The lowest BCUT2D eigenvalue weighted by atomic mass is 9.74. The van der Waals surface area contributed by atoms with E-state index in [-0.39, 0.29) is 22.8 Å². The number of carbonyl (C=O) groups is 1. The normalized spacial score (nSPS) is 20.6. The molecule has 0 saturated heterocycles. The van der Waals surface area contributed by atoms with E-state index in [2.05, 4.69) is 15.5 Å². The molecule has 1 aliphatic carbocycles. The van der Waals surface area contributed by atoms with E-state index in [1.807, 2.05) is 36.5 Å². The summed E-state index contributed by atoms with van der Waals surface area (Å²) in [6.07, 6.45) is 4.64. The molecule has 4 bridgehead atoms. The Morgan fingerprint density at radius 1 is 1.25 bits per heavy atom. The SMILES string of the molecule is COc1ccc2c(c1)CC1CC2CN(CCF)CCn2cc(c3ccc(/C(=C/N)C(=N)Cl)cc32)C1=O. The monoisotopic (exact) mass is 508 g/mol. The Kier molecular flexibility index (Phi) is 6.86. The zero-order chi connectivity index (χ0) is 25.4. The molecule has 0 spiro atoms. The van der Waals surface area contributed by atoms with E-state index >= 15 is 0 Å². The first-order valence-electron chi connectivity index (χ1n) is 12.2. The lowest BCUT2D eigenvalue weighted by Gasteiger charge is -2.34. The van der Waals surface area contributed by atoms with Crippen LogP contribution in [0.5, 0.6) is 5.75 Å². The molecule has 2 unspecified atom stereocenters. The molecule has 2 aliphatic rings. The van der Waals surface area contributed by atoms with Gasteiger partial charge in [-0.1, -0.05) is 29.8 Å². The molecule has 1 aromatic heterocycles. The third-order valence-corrected chi connectivity index (χ3v) is 7.80. The number of fused-ring (bicyclic) bond motifs is 9. The van der Waals surface area contributed by atoms with Gasteiger partial charge in [0.05, 0.1) is 7.11 Å². The van der Waals surface area contributed by atoms with E-state index in [1.165, 1.54) is 11.8 Å². The van der Waals surface area contributed by atoms with Crippen molar-refractivity contribution in [3.63, 3.8) is 0 Å². The lowest BCUT2D eigenvalue weighted by molar-refractivity contribution is 0.0896. The van der Waals surface area contributed by atoms with Gasteiger partial charge in [0.25, 0.3) is 0 Å². The molecule has 36 heavy (non-hydrogen) atoms. The van der Waals surface area contributed by atoms with Crippen LogP contribution in [-0.2, 0) is 13.0 Å². The van der Waals surface area contributed by atoms with Gasteiger partial charge in [0.15, 0.2) is 5.78 Å². The minimum absolute atomic E-state index is 0.128. The van der Waals surface area contributed by atoms with E-state index in [4.69, 9.17) is 27.5 Å². The molecule has 2 atom stereocenters. The van der Waals surface area contributed by atoms with Gasteiger partial charge in [-0.25, -0.2) is 4.39 Å². The van der Waals surface area contributed by atoms with Crippen molar-refractivity contribution in [1.82, 2.24) is 9.47 Å². The van der Waals surface area contributed by atoms with Gasteiger partial charge in [-0.3, -0.25) is 15.1 Å². The Morgan fingerprint density at radius 3 is 2.81 bits per heavy atom. The molecule has 188 valence electrons. The number of hydrogen-bond acceptors (Lipinski definition) is 5. The van der Waals surface area contributed by atoms with Crippen molar-refractivity contribution in [2.24, 2.45) is 11.7 Å². The van der Waals surface area contributed by atoms with Gasteiger partial charge in [-0.05, 0) is 53.6 Å². The number of aromatic nitrogens is 1. The summed E-state index contributed by atoms with van der Waals surface area (Å²) >= 11 is 5.96. The van der Waals surface area contributed by atoms with Crippen LogP contribution < -0.4 is 10.5 Å². The van der Waals surface area contributed by atoms with Gasteiger partial charge < -0.3 is 15.0 Å². The highest BCUT2D eigenvalue weighted by molar-refractivity contribution is 6.75. The standard InChI is InChI=1S/C28H30ClFN4O2/c1-36-21-3-5-22-18(12-21)10-19-11-20(22)15-33(7-6-30)8-9-34-16-25(27(19)35)23-4-2-17(13-26(23)34)24(14-31)28(29)32/h2-5,12-14,16,19-20,32H,6-11,15,31H2,1H3/b24-14-,32-28?. The number of nitrogens with two attached hydrogens (primary N) is 1. The van der Waals surface area contributed by atoms with Crippen molar-refractivity contribution in [2.45, 2.75) is 25.3 Å². The molecule has 6 nitrogen and oxygen atoms in total. The second-order valence-electron chi connectivity index (χ2n) is 9.61. The van der Waals surface area contributed by atoms with Crippen LogP contribution in [0.2, 0.25) is 0 Å². The van der Waals surface area contributed by atoms with Crippen molar-refractivity contribution in [2.75, 3.05) is 33.4 Å². The molecule has 0 radical (unpaired) electrons. The highest BCUT2D eigenvalue weighted by atomic mass is 35.5. The molecule has 2 heterocycles. The van der Waals surface area contributed by atoms with Gasteiger partial charge in [0.1, 0.15) is 17.6 Å². The van der Waals surface area contributed by atoms with Crippen LogP contribution in [0.25, 0.3) is 16.5 Å². The van der Waals surface area contributed by atoms with Crippen molar-refractivity contribution >= 4 is 39.0 Å². The molecule has 5 rings (SSSR count). The molecule has 3 N–H and O–H groups in total. The Hall–Kier alpha value is -3.16. The van der Waals surface area contributed by atoms with Crippen molar-refractivity contribution in [3.05, 3.63) is 71.0 Å². The highest BCUT2D eigenvalue weighted by Crippen LogP contribution is 2.40. The van der Waals surface area contributed by atoms with Gasteiger partial charge in [-0.2, -0.15) is 0 Å². The third kappa shape index (κ3) is 4.42. The average Bonchev–Trinajstić information content (AvgIpc) is 3.23. The van der Waals surface area contributed by atoms with E-state index in [0.29, 0.717) is 43.7 Å². The Labute approximate surface area is 215 Å². The van der Waals surface area contributed by atoms with Crippen LogP contribution in [0.3, 0.4) is 0 Å². The second-order valence-corrected chi connectivity index (χ2v) is 9.99. The summed E-state index contributed by atoms with van der Waals surface area (Å²) in [5.41, 5.74) is 10.8. The fraction of sp³-hybridized carbons (Fsp3) is 0.357. The zero-order valence-corrected chi connectivity index (χ0v) is 21.0. The fourth-order valence-corrected chi connectivity index (χ4v) is 5.98. The first kappa shape index (κ1) is 24.5. The number of Topliss-reactive ketones (excluding diaryl/α,β-unsaturated/α-hetero) is 1. The Bertz CT molecular complexity index is 1370. The summed E-state index contributed by atoms with van der Waals surface area (Å²) in [6.45, 7) is 1.89. The summed E-state index contributed by atoms with van der Waals surface area (Å²) in [6, 6.07) is 11.8. The van der Waals surface area contributed by atoms with E-state index < -0.39 is 6.67 Å². The molecule has 3 aromatic rings. The first-order chi connectivity index (χ1) is 17.4. The predicted octanol–water partition coefficient (Wildman–Crippen LogP) is 4.98. The number of benzene rings is 2. The molecule has 0 amide bonds. The van der Waals surface area contributed by atoms with Crippen LogP contribution in [0, 0.1) is 11.3 Å². The molecule has 8 heteroatoms. The van der Waals surface area contributed by atoms with Crippen molar-refractivity contribution < 1.29 is 13.9 Å². The van der Waals surface area contributed by atoms with Gasteiger partial charge in [0.2, 0.25) is 0 Å². The smallest absolute Gasteiger partial charge is 0.168 e. The number of carbonyl (C=O) groups excluding carboxylic acids is 1. The topological polar surface area (TPSA) is 84.3 Å². The third-order valence-electron chi connectivity index (χ3n) is 7.59. The predicted molar refractivity (Wildman–Crippen MR) is 142 cm³/mol. The summed E-state index contributed by atoms with van der Waals surface area (Å²) in [7, 11) is 1.65. The van der Waals surface area contributed by atoms with Crippen LogP contribution in [-0.4, -0.2) is 53.8 Å². The minimum Gasteiger partial charge on any atom is -0.497 e. The average molecular weight is 509 g/mol. The molecule has 0 saturated carbocycles. The van der Waals surface area contributed by atoms with E-state index in [0.717, 1.165) is 34.2 Å². The summed E-state index contributed by atoms with van der Waals surface area (Å²) in [5.74, 6) is 0.891. The van der Waals surface area contributed by atoms with Crippen molar-refractivity contribution in [3.8, 4) is 5.75 Å². The number of nitrogens with zero attached hydrogens (tertiary/aromatic N) is 2. The largest absolute Gasteiger partial charge is 0.497 e. The maximum Gasteiger partial charge on any atom is 0.168 e. The summed E-state index contributed by atoms with van der Waals surface area (Å²) in [4.78, 5) is 16.1. The first-order valence-corrected chi connectivity index (χ1v) is 12.6. The lowest BCUT2D eigenvalue weighted by Crippen LogP contribution is -2.36. The number of alkyl halides is 1. The highest BCUT2D eigenvalue weighted by Gasteiger charge is 2.34. The molecular weight excluding hydrogens is 479 g/mol.